The Morgan fingerprint density at radius 1 is 1.41 bits per heavy atom. The van der Waals surface area contributed by atoms with Crippen molar-refractivity contribution in [1.29, 1.82) is 0 Å². The number of aryl methyl sites for hydroxylation is 1. The Morgan fingerprint density at radius 3 is 2.68 bits per heavy atom. The highest BCUT2D eigenvalue weighted by Gasteiger charge is 2.20. The molecule has 0 aromatic carbocycles. The number of piperazine rings is 1. The molecule has 1 aliphatic heterocycles. The Hall–Kier alpha value is -1.40. The minimum Gasteiger partial charge on any atom is -0.345 e. The first-order chi connectivity index (χ1) is 10.5. The highest BCUT2D eigenvalue weighted by atomic mass is 16.2. The van der Waals surface area contributed by atoms with E-state index in [-0.39, 0.29) is 5.91 Å². The van der Waals surface area contributed by atoms with E-state index in [4.69, 9.17) is 0 Å². The lowest BCUT2D eigenvalue weighted by Gasteiger charge is -2.36. The zero-order valence-electron chi connectivity index (χ0n) is 14.3. The minimum atomic E-state index is 0.190. The lowest BCUT2D eigenvalue weighted by Crippen LogP contribution is -2.48. The van der Waals surface area contributed by atoms with E-state index in [0.717, 1.165) is 44.1 Å². The fourth-order valence-electron chi connectivity index (χ4n) is 2.83. The molecule has 1 aromatic heterocycles. The number of nitrogens with one attached hydrogen (secondary N) is 1. The molecule has 1 fully saturated rings. The fraction of sp³-hybridized carbons (Fsp3) is 0.750. The van der Waals surface area contributed by atoms with Crippen molar-refractivity contribution >= 4 is 5.91 Å². The topological polar surface area (TPSA) is 55.5 Å². The molecule has 124 valence electrons. The molecule has 0 spiro atoms. The van der Waals surface area contributed by atoms with E-state index < -0.39 is 0 Å². The number of amides is 1. The van der Waals surface area contributed by atoms with Crippen molar-refractivity contribution in [3.63, 3.8) is 0 Å². The van der Waals surface area contributed by atoms with Gasteiger partial charge in [0.1, 0.15) is 5.82 Å². The van der Waals surface area contributed by atoms with Crippen molar-refractivity contribution in [2.24, 2.45) is 0 Å². The van der Waals surface area contributed by atoms with Gasteiger partial charge in [0.2, 0.25) is 5.91 Å². The van der Waals surface area contributed by atoms with Crippen LogP contribution in [0.3, 0.4) is 0 Å². The lowest BCUT2D eigenvalue weighted by molar-refractivity contribution is -0.130. The Labute approximate surface area is 133 Å². The molecule has 2 heterocycles. The molecule has 1 aromatic rings. The molecular weight excluding hydrogens is 278 g/mol. The van der Waals surface area contributed by atoms with Gasteiger partial charge < -0.3 is 14.8 Å². The van der Waals surface area contributed by atoms with Crippen LogP contribution >= 0.6 is 0 Å². The first-order valence-corrected chi connectivity index (χ1v) is 8.12. The van der Waals surface area contributed by atoms with E-state index in [2.05, 4.69) is 33.7 Å². The molecule has 0 aliphatic carbocycles. The maximum absolute atomic E-state index is 12.3. The molecule has 22 heavy (non-hydrogen) atoms. The molecule has 1 saturated heterocycles. The van der Waals surface area contributed by atoms with Crippen molar-refractivity contribution in [3.8, 4) is 0 Å². The quantitative estimate of drug-likeness (QED) is 0.855. The first kappa shape index (κ1) is 17.0. The predicted octanol–water partition coefficient (Wildman–Crippen LogP) is 1.09. The Bertz CT molecular complexity index is 479. The van der Waals surface area contributed by atoms with Gasteiger partial charge in [-0.15, -0.1) is 0 Å². The number of imidazole rings is 1. The SMILES string of the molecule is Cc1cnc(CN(C)C(=O)CC[C@H](C)N2CCN(C)CC2)[nH]1. The molecule has 6 nitrogen and oxygen atoms in total. The van der Waals surface area contributed by atoms with E-state index in [1.54, 1.807) is 11.1 Å². The summed E-state index contributed by atoms with van der Waals surface area (Å²) in [6.45, 7) is 9.20. The van der Waals surface area contributed by atoms with Gasteiger partial charge in [-0.05, 0) is 27.3 Å². The zero-order valence-corrected chi connectivity index (χ0v) is 14.3. The molecule has 0 saturated carbocycles. The number of rotatable bonds is 6. The van der Waals surface area contributed by atoms with Gasteiger partial charge in [0.05, 0.1) is 6.54 Å². The maximum atomic E-state index is 12.3. The highest BCUT2D eigenvalue weighted by Crippen LogP contribution is 2.11. The van der Waals surface area contributed by atoms with Crippen LogP contribution in [0, 0.1) is 6.92 Å². The van der Waals surface area contributed by atoms with Crippen molar-refractivity contribution < 1.29 is 4.79 Å². The Balaban J connectivity index is 1.72. The van der Waals surface area contributed by atoms with Gasteiger partial charge in [0.25, 0.3) is 0 Å². The average molecular weight is 307 g/mol. The molecule has 0 unspecified atom stereocenters. The summed E-state index contributed by atoms with van der Waals surface area (Å²) in [4.78, 5) is 26.3. The third kappa shape index (κ3) is 4.81. The van der Waals surface area contributed by atoms with E-state index in [9.17, 15) is 4.79 Å². The number of hydrogen-bond acceptors (Lipinski definition) is 4. The molecule has 0 bridgehead atoms. The average Bonchev–Trinajstić information content (AvgIpc) is 2.90. The van der Waals surface area contributed by atoms with Gasteiger partial charge in [0.15, 0.2) is 0 Å². The lowest BCUT2D eigenvalue weighted by atomic mass is 10.1. The van der Waals surface area contributed by atoms with Crippen molar-refractivity contribution in [2.45, 2.75) is 39.3 Å². The van der Waals surface area contributed by atoms with Crippen LogP contribution in [0.25, 0.3) is 0 Å². The summed E-state index contributed by atoms with van der Waals surface area (Å²) in [6, 6.07) is 0.469. The monoisotopic (exact) mass is 307 g/mol. The molecule has 6 heteroatoms. The number of hydrogen-bond donors (Lipinski definition) is 1. The molecule has 1 aliphatic rings. The van der Waals surface area contributed by atoms with Gasteiger partial charge in [-0.25, -0.2) is 4.98 Å². The minimum absolute atomic E-state index is 0.190. The number of H-pyrrole nitrogens is 1. The van der Waals surface area contributed by atoms with Gasteiger partial charge in [-0.3, -0.25) is 9.69 Å². The van der Waals surface area contributed by atoms with E-state index in [1.807, 2.05) is 14.0 Å². The van der Waals surface area contributed by atoms with Crippen molar-refractivity contribution in [1.82, 2.24) is 24.7 Å². The van der Waals surface area contributed by atoms with E-state index >= 15 is 0 Å². The van der Waals surface area contributed by atoms with Crippen LogP contribution in [-0.2, 0) is 11.3 Å². The van der Waals surface area contributed by atoms with Crippen molar-refractivity contribution in [2.75, 3.05) is 40.3 Å². The number of carbonyl (C=O) groups is 1. The number of carbonyl (C=O) groups excluding carboxylic acids is 1. The van der Waals surface area contributed by atoms with Crippen molar-refractivity contribution in [3.05, 3.63) is 17.7 Å². The van der Waals surface area contributed by atoms with Crippen LogP contribution < -0.4 is 0 Å². The molecule has 1 amide bonds. The Kier molecular flexibility index (Phi) is 5.97. The van der Waals surface area contributed by atoms with Gasteiger partial charge in [0, 0.05) is 57.6 Å². The molecule has 0 radical (unpaired) electrons. The summed E-state index contributed by atoms with van der Waals surface area (Å²) in [5, 5.41) is 0. The first-order valence-electron chi connectivity index (χ1n) is 8.12. The second-order valence-corrected chi connectivity index (χ2v) is 6.49. The largest absolute Gasteiger partial charge is 0.345 e. The van der Waals surface area contributed by atoms with Crippen LogP contribution in [0.4, 0.5) is 0 Å². The summed E-state index contributed by atoms with van der Waals surface area (Å²) in [7, 11) is 4.01. The smallest absolute Gasteiger partial charge is 0.222 e. The normalized spacial score (nSPS) is 18.4. The summed E-state index contributed by atoms with van der Waals surface area (Å²) < 4.78 is 0. The summed E-state index contributed by atoms with van der Waals surface area (Å²) in [5.41, 5.74) is 1.03. The van der Waals surface area contributed by atoms with Gasteiger partial charge in [-0.1, -0.05) is 0 Å². The zero-order chi connectivity index (χ0) is 16.1. The van der Waals surface area contributed by atoms with Crippen LogP contribution in [-0.4, -0.2) is 76.9 Å². The second-order valence-electron chi connectivity index (χ2n) is 6.49. The third-order valence-corrected chi connectivity index (χ3v) is 4.51. The van der Waals surface area contributed by atoms with Crippen LogP contribution in [0.2, 0.25) is 0 Å². The standard InChI is InChI=1S/C16H29N5O/c1-13-11-17-15(18-13)12-20(4)16(22)6-5-14(2)21-9-7-19(3)8-10-21/h11,14H,5-10,12H2,1-4H3,(H,17,18)/t14-/m0/s1. The summed E-state index contributed by atoms with van der Waals surface area (Å²) in [5.74, 6) is 1.04. The van der Waals surface area contributed by atoms with Crippen LogP contribution in [0.15, 0.2) is 6.20 Å². The van der Waals surface area contributed by atoms with Gasteiger partial charge >= 0.3 is 0 Å². The highest BCUT2D eigenvalue weighted by molar-refractivity contribution is 5.75. The maximum Gasteiger partial charge on any atom is 0.222 e. The fourth-order valence-corrected chi connectivity index (χ4v) is 2.83. The summed E-state index contributed by atoms with van der Waals surface area (Å²) >= 11 is 0. The number of aromatic nitrogens is 2. The number of likely N-dealkylation sites (N-methyl/N-ethyl adjacent to an activating group) is 1. The third-order valence-electron chi connectivity index (χ3n) is 4.51. The Morgan fingerprint density at radius 2 is 2.09 bits per heavy atom. The number of aromatic amines is 1. The van der Waals surface area contributed by atoms with Crippen LogP contribution in [0.5, 0.6) is 0 Å². The molecular formula is C16H29N5O. The molecule has 2 rings (SSSR count). The van der Waals surface area contributed by atoms with Crippen LogP contribution in [0.1, 0.15) is 31.3 Å². The molecule has 1 N–H and O–H groups in total. The molecule has 1 atom stereocenters. The van der Waals surface area contributed by atoms with E-state index in [1.165, 1.54) is 0 Å². The van der Waals surface area contributed by atoms with E-state index in [0.29, 0.717) is 19.0 Å². The second kappa shape index (κ2) is 7.74. The number of nitrogens with zero attached hydrogens (tertiary/aromatic N) is 4. The predicted molar refractivity (Wildman–Crippen MR) is 87.6 cm³/mol. The summed E-state index contributed by atoms with van der Waals surface area (Å²) in [6.07, 6.45) is 3.32. The van der Waals surface area contributed by atoms with Gasteiger partial charge in [-0.2, -0.15) is 0 Å².